The summed E-state index contributed by atoms with van der Waals surface area (Å²) in [6, 6.07) is 14.5. The highest BCUT2D eigenvalue weighted by molar-refractivity contribution is 7.99. The van der Waals surface area contributed by atoms with Crippen molar-refractivity contribution in [2.75, 3.05) is 13.7 Å². The topological polar surface area (TPSA) is 93.1 Å². The fourth-order valence-electron chi connectivity index (χ4n) is 2.21. The van der Waals surface area contributed by atoms with Crippen molar-refractivity contribution in [3.63, 3.8) is 0 Å². The molecular weight excluding hydrogens is 370 g/mol. The normalized spacial score (nSPS) is 10.5. The molecule has 0 atom stereocenters. The highest BCUT2D eigenvalue weighted by Crippen LogP contribution is 2.31. The fraction of sp³-hybridized carbons (Fsp3) is 0.211. The molecule has 0 bridgehead atoms. The van der Waals surface area contributed by atoms with E-state index in [9.17, 15) is 14.4 Å². The molecule has 0 aliphatic carbocycles. The number of hydroxylamine groups is 2. The number of carbonyl (C=O) groups excluding carboxylic acids is 2. The van der Waals surface area contributed by atoms with E-state index in [1.165, 1.54) is 18.8 Å². The average Bonchev–Trinajstić information content (AvgIpc) is 2.63. The molecule has 0 aliphatic rings. The SMILES string of the molecule is CCOC(=O)c1cccc(Sc2ccccc2CN(C)OC(=O)C(=O)O)c1. The second kappa shape index (κ2) is 9.75. The van der Waals surface area contributed by atoms with Gasteiger partial charge in [0, 0.05) is 16.8 Å². The van der Waals surface area contributed by atoms with Gasteiger partial charge < -0.3 is 14.7 Å². The second-order valence-corrected chi connectivity index (χ2v) is 6.54. The third kappa shape index (κ3) is 6.12. The zero-order valence-corrected chi connectivity index (χ0v) is 15.7. The fourth-order valence-corrected chi connectivity index (χ4v) is 3.21. The molecule has 2 rings (SSSR count). The Labute approximate surface area is 160 Å². The summed E-state index contributed by atoms with van der Waals surface area (Å²) < 4.78 is 5.01. The molecule has 0 saturated heterocycles. The number of rotatable bonds is 7. The number of carboxylic acids is 1. The van der Waals surface area contributed by atoms with Gasteiger partial charge in [-0.15, -0.1) is 5.06 Å². The zero-order valence-electron chi connectivity index (χ0n) is 14.9. The zero-order chi connectivity index (χ0) is 19.8. The van der Waals surface area contributed by atoms with E-state index in [4.69, 9.17) is 14.7 Å². The number of carbonyl (C=O) groups is 3. The van der Waals surface area contributed by atoms with Crippen LogP contribution >= 0.6 is 11.8 Å². The predicted molar refractivity (Wildman–Crippen MR) is 98.2 cm³/mol. The third-order valence-corrected chi connectivity index (χ3v) is 4.46. The van der Waals surface area contributed by atoms with Crippen LogP contribution in [0.4, 0.5) is 0 Å². The number of hydrogen-bond acceptors (Lipinski definition) is 7. The van der Waals surface area contributed by atoms with Gasteiger partial charge in [-0.25, -0.2) is 14.4 Å². The van der Waals surface area contributed by atoms with Crippen molar-refractivity contribution in [3.8, 4) is 0 Å². The minimum Gasteiger partial charge on any atom is -0.473 e. The Kier molecular flexibility index (Phi) is 7.39. The van der Waals surface area contributed by atoms with Crippen molar-refractivity contribution in [1.82, 2.24) is 5.06 Å². The van der Waals surface area contributed by atoms with Crippen LogP contribution in [0.1, 0.15) is 22.8 Å². The predicted octanol–water partition coefficient (Wildman–Crippen LogP) is 2.99. The molecule has 8 heteroatoms. The second-order valence-electron chi connectivity index (χ2n) is 5.43. The maximum Gasteiger partial charge on any atom is 0.436 e. The highest BCUT2D eigenvalue weighted by atomic mass is 32.2. The molecule has 0 fully saturated rings. The summed E-state index contributed by atoms with van der Waals surface area (Å²) in [6.07, 6.45) is 0. The van der Waals surface area contributed by atoms with Gasteiger partial charge in [0.15, 0.2) is 0 Å². The summed E-state index contributed by atoms with van der Waals surface area (Å²) in [4.78, 5) is 40.1. The number of aliphatic carboxylic acids is 1. The highest BCUT2D eigenvalue weighted by Gasteiger charge is 2.17. The van der Waals surface area contributed by atoms with Gasteiger partial charge in [-0.05, 0) is 36.8 Å². The Morgan fingerprint density at radius 3 is 2.56 bits per heavy atom. The summed E-state index contributed by atoms with van der Waals surface area (Å²) >= 11 is 1.44. The minimum atomic E-state index is -1.65. The lowest BCUT2D eigenvalue weighted by Gasteiger charge is -2.17. The van der Waals surface area contributed by atoms with Crippen molar-refractivity contribution in [1.29, 1.82) is 0 Å². The molecule has 2 aromatic rings. The Morgan fingerprint density at radius 2 is 1.85 bits per heavy atom. The van der Waals surface area contributed by atoms with Crippen LogP contribution in [0.5, 0.6) is 0 Å². The van der Waals surface area contributed by atoms with Crippen LogP contribution in [0.15, 0.2) is 58.3 Å². The molecule has 0 amide bonds. The van der Waals surface area contributed by atoms with E-state index in [1.54, 1.807) is 25.1 Å². The van der Waals surface area contributed by atoms with Gasteiger partial charge in [0.1, 0.15) is 0 Å². The molecule has 2 aromatic carbocycles. The molecule has 0 aliphatic heterocycles. The molecular formula is C19H19NO6S. The molecule has 7 nitrogen and oxygen atoms in total. The minimum absolute atomic E-state index is 0.208. The largest absolute Gasteiger partial charge is 0.473 e. The Hall–Kier alpha value is -2.84. The van der Waals surface area contributed by atoms with Gasteiger partial charge in [-0.2, -0.15) is 0 Å². The first-order valence-corrected chi connectivity index (χ1v) is 8.91. The van der Waals surface area contributed by atoms with E-state index < -0.39 is 11.9 Å². The lowest BCUT2D eigenvalue weighted by Crippen LogP contribution is -2.27. The van der Waals surface area contributed by atoms with Gasteiger partial charge in [0.05, 0.1) is 18.7 Å². The smallest absolute Gasteiger partial charge is 0.436 e. The third-order valence-electron chi connectivity index (χ3n) is 3.35. The summed E-state index contributed by atoms with van der Waals surface area (Å²) in [7, 11) is 1.48. The standard InChI is InChI=1S/C19H19NO6S/c1-3-25-18(23)13-8-6-9-15(11-13)27-16-10-5-4-7-14(16)12-20(2)26-19(24)17(21)22/h4-11H,3,12H2,1-2H3,(H,21,22). The molecule has 0 radical (unpaired) electrons. The van der Waals surface area contributed by atoms with Crippen LogP contribution in [0.25, 0.3) is 0 Å². The van der Waals surface area contributed by atoms with Crippen LogP contribution in [-0.4, -0.2) is 41.7 Å². The van der Waals surface area contributed by atoms with E-state index in [1.807, 2.05) is 30.3 Å². The monoisotopic (exact) mass is 389 g/mol. The van der Waals surface area contributed by atoms with Crippen molar-refractivity contribution in [2.24, 2.45) is 0 Å². The number of carboxylic acid groups (broad SMARTS) is 1. The first-order chi connectivity index (χ1) is 12.9. The molecule has 1 N–H and O–H groups in total. The van der Waals surface area contributed by atoms with Crippen LogP contribution < -0.4 is 0 Å². The number of nitrogens with zero attached hydrogens (tertiary/aromatic N) is 1. The van der Waals surface area contributed by atoms with Crippen LogP contribution in [0.3, 0.4) is 0 Å². The van der Waals surface area contributed by atoms with E-state index >= 15 is 0 Å². The van der Waals surface area contributed by atoms with Gasteiger partial charge in [-0.1, -0.05) is 36.0 Å². The van der Waals surface area contributed by atoms with Gasteiger partial charge in [0.2, 0.25) is 0 Å². The lowest BCUT2D eigenvalue weighted by atomic mass is 10.2. The number of benzene rings is 2. The average molecular weight is 389 g/mol. The van der Waals surface area contributed by atoms with Gasteiger partial charge in [-0.3, -0.25) is 0 Å². The first kappa shape index (κ1) is 20.5. The van der Waals surface area contributed by atoms with E-state index in [0.29, 0.717) is 12.2 Å². The number of esters is 1. The van der Waals surface area contributed by atoms with Gasteiger partial charge >= 0.3 is 17.9 Å². The number of hydrogen-bond donors (Lipinski definition) is 1. The molecule has 27 heavy (non-hydrogen) atoms. The van der Waals surface area contributed by atoms with Crippen molar-refractivity contribution in [2.45, 2.75) is 23.3 Å². The van der Waals surface area contributed by atoms with Crippen molar-refractivity contribution >= 4 is 29.7 Å². The Morgan fingerprint density at radius 1 is 1.11 bits per heavy atom. The molecule has 0 unspecified atom stereocenters. The maximum atomic E-state index is 11.9. The van der Waals surface area contributed by atoms with E-state index in [0.717, 1.165) is 20.4 Å². The summed E-state index contributed by atoms with van der Waals surface area (Å²) in [5.41, 5.74) is 1.30. The van der Waals surface area contributed by atoms with Crippen LogP contribution in [0.2, 0.25) is 0 Å². The van der Waals surface area contributed by atoms with Gasteiger partial charge in [0.25, 0.3) is 0 Å². The molecule has 0 spiro atoms. The lowest BCUT2D eigenvalue weighted by molar-refractivity contribution is -0.194. The van der Waals surface area contributed by atoms with Crippen molar-refractivity contribution in [3.05, 3.63) is 59.7 Å². The van der Waals surface area contributed by atoms with E-state index in [2.05, 4.69) is 0 Å². The Balaban J connectivity index is 2.14. The van der Waals surface area contributed by atoms with Crippen LogP contribution in [0, 0.1) is 0 Å². The molecule has 142 valence electrons. The quantitative estimate of drug-likeness (QED) is 0.439. The number of ether oxygens (including phenoxy) is 1. The summed E-state index contributed by atoms with van der Waals surface area (Å²) in [5, 5.41) is 9.77. The maximum absolute atomic E-state index is 11.9. The molecule has 0 saturated carbocycles. The molecule has 0 aromatic heterocycles. The Bertz CT molecular complexity index is 838. The summed E-state index contributed by atoms with van der Waals surface area (Å²) in [5.74, 6) is -3.38. The van der Waals surface area contributed by atoms with Crippen molar-refractivity contribution < 1.29 is 29.1 Å². The molecule has 0 heterocycles. The van der Waals surface area contributed by atoms with Crippen LogP contribution in [-0.2, 0) is 25.7 Å². The summed E-state index contributed by atoms with van der Waals surface area (Å²) in [6.45, 7) is 2.26. The van der Waals surface area contributed by atoms with E-state index in [-0.39, 0.29) is 12.5 Å². The first-order valence-electron chi connectivity index (χ1n) is 8.10.